The van der Waals surface area contributed by atoms with E-state index in [1.807, 2.05) is 0 Å². The third-order valence-corrected chi connectivity index (χ3v) is 5.86. The standard InChI is InChI=1S/C19H23ClN2O4/c1-19(2)14(15(19)18(25)26)17(24)22-11-7-8-12(13(20)9-11)16(23)21-10-5-3-4-6-10/h7-10,14-15H,3-6H2,1-2H3,(H,21,23)(H,22,24)(H,25,26). The van der Waals surface area contributed by atoms with Crippen molar-refractivity contribution in [2.24, 2.45) is 17.3 Å². The molecule has 1 aromatic rings. The molecule has 0 saturated heterocycles. The molecule has 6 nitrogen and oxygen atoms in total. The molecule has 0 bridgehead atoms. The second kappa shape index (κ2) is 6.91. The van der Waals surface area contributed by atoms with Gasteiger partial charge >= 0.3 is 5.97 Å². The van der Waals surface area contributed by atoms with Crippen LogP contribution in [0.2, 0.25) is 5.02 Å². The van der Waals surface area contributed by atoms with Crippen molar-refractivity contribution in [3.8, 4) is 0 Å². The number of rotatable bonds is 5. The zero-order valence-corrected chi connectivity index (χ0v) is 15.6. The van der Waals surface area contributed by atoms with Gasteiger partial charge in [0.25, 0.3) is 5.91 Å². The summed E-state index contributed by atoms with van der Waals surface area (Å²) < 4.78 is 0. The highest BCUT2D eigenvalue weighted by Gasteiger charge is 2.65. The van der Waals surface area contributed by atoms with E-state index in [-0.39, 0.29) is 22.9 Å². The highest BCUT2D eigenvalue weighted by molar-refractivity contribution is 6.34. The molecule has 2 aliphatic carbocycles. The summed E-state index contributed by atoms with van der Waals surface area (Å²) >= 11 is 6.22. The first-order valence-corrected chi connectivity index (χ1v) is 9.23. The van der Waals surface area contributed by atoms with Crippen LogP contribution in [0, 0.1) is 17.3 Å². The fourth-order valence-electron chi connectivity index (χ4n) is 3.92. The highest BCUT2D eigenvalue weighted by Crippen LogP contribution is 2.58. The van der Waals surface area contributed by atoms with Gasteiger partial charge in [0.2, 0.25) is 5.91 Å². The van der Waals surface area contributed by atoms with Crippen molar-refractivity contribution in [2.75, 3.05) is 5.32 Å². The van der Waals surface area contributed by atoms with E-state index in [9.17, 15) is 19.5 Å². The maximum atomic E-state index is 12.4. The summed E-state index contributed by atoms with van der Waals surface area (Å²) in [5, 5.41) is 15.1. The molecule has 7 heteroatoms. The van der Waals surface area contributed by atoms with Crippen molar-refractivity contribution in [2.45, 2.75) is 45.6 Å². The lowest BCUT2D eigenvalue weighted by molar-refractivity contribution is -0.140. The number of carboxylic acid groups (broad SMARTS) is 1. The number of benzene rings is 1. The number of nitrogens with one attached hydrogen (secondary N) is 2. The Morgan fingerprint density at radius 3 is 2.35 bits per heavy atom. The monoisotopic (exact) mass is 378 g/mol. The normalized spacial score (nSPS) is 24.1. The average molecular weight is 379 g/mol. The van der Waals surface area contributed by atoms with Crippen molar-refractivity contribution >= 4 is 35.1 Å². The first-order chi connectivity index (χ1) is 12.2. The molecule has 0 aromatic heterocycles. The van der Waals surface area contributed by atoms with E-state index in [1.165, 1.54) is 6.07 Å². The Labute approximate surface area is 157 Å². The van der Waals surface area contributed by atoms with Crippen LogP contribution in [0.25, 0.3) is 0 Å². The number of carboxylic acids is 1. The van der Waals surface area contributed by atoms with Crippen LogP contribution >= 0.6 is 11.6 Å². The highest BCUT2D eigenvalue weighted by atomic mass is 35.5. The predicted molar refractivity (Wildman–Crippen MR) is 98.2 cm³/mol. The molecule has 2 saturated carbocycles. The number of hydrogen-bond acceptors (Lipinski definition) is 3. The molecule has 0 heterocycles. The Morgan fingerprint density at radius 1 is 1.15 bits per heavy atom. The van der Waals surface area contributed by atoms with Gasteiger partial charge in [0.05, 0.1) is 22.4 Å². The quantitative estimate of drug-likeness (QED) is 0.732. The van der Waals surface area contributed by atoms with E-state index in [1.54, 1.807) is 26.0 Å². The van der Waals surface area contributed by atoms with Crippen molar-refractivity contribution in [1.82, 2.24) is 5.32 Å². The predicted octanol–water partition coefficient (Wildman–Crippen LogP) is 3.31. The lowest BCUT2D eigenvalue weighted by Gasteiger charge is -2.13. The topological polar surface area (TPSA) is 95.5 Å². The Hall–Kier alpha value is -2.08. The molecule has 2 aliphatic rings. The second-order valence-corrected chi connectivity index (χ2v) is 8.16. The molecule has 2 unspecified atom stereocenters. The number of carbonyl (C=O) groups excluding carboxylic acids is 2. The summed E-state index contributed by atoms with van der Waals surface area (Å²) in [7, 11) is 0. The molecule has 0 spiro atoms. The van der Waals surface area contributed by atoms with E-state index in [0.717, 1.165) is 25.7 Å². The average Bonchev–Trinajstić information content (AvgIpc) is 2.88. The molecule has 2 amide bonds. The van der Waals surface area contributed by atoms with E-state index in [0.29, 0.717) is 11.3 Å². The van der Waals surface area contributed by atoms with Crippen molar-refractivity contribution in [3.05, 3.63) is 28.8 Å². The largest absolute Gasteiger partial charge is 0.481 e. The van der Waals surface area contributed by atoms with Gasteiger partial charge in [-0.15, -0.1) is 0 Å². The first-order valence-electron chi connectivity index (χ1n) is 8.86. The number of amides is 2. The van der Waals surface area contributed by atoms with Crippen LogP contribution < -0.4 is 10.6 Å². The van der Waals surface area contributed by atoms with Crippen molar-refractivity contribution < 1.29 is 19.5 Å². The number of halogens is 1. The molecule has 2 atom stereocenters. The number of anilines is 1. The van der Waals surface area contributed by atoms with Crippen LogP contribution in [-0.4, -0.2) is 28.9 Å². The molecule has 26 heavy (non-hydrogen) atoms. The Morgan fingerprint density at radius 2 is 1.81 bits per heavy atom. The maximum Gasteiger partial charge on any atom is 0.307 e. The van der Waals surface area contributed by atoms with Gasteiger partial charge < -0.3 is 15.7 Å². The fourth-order valence-corrected chi connectivity index (χ4v) is 4.18. The summed E-state index contributed by atoms with van der Waals surface area (Å²) in [6, 6.07) is 4.91. The first kappa shape index (κ1) is 18.7. The van der Waals surface area contributed by atoms with Gasteiger partial charge in [-0.2, -0.15) is 0 Å². The lowest BCUT2D eigenvalue weighted by atomic mass is 10.1. The molecule has 3 N–H and O–H groups in total. The molecule has 140 valence electrons. The number of hydrogen-bond donors (Lipinski definition) is 3. The summed E-state index contributed by atoms with van der Waals surface area (Å²) in [5.74, 6) is -2.79. The minimum Gasteiger partial charge on any atom is -0.481 e. The minimum atomic E-state index is -0.966. The molecule has 0 aliphatic heterocycles. The van der Waals surface area contributed by atoms with Gasteiger partial charge in [-0.25, -0.2) is 0 Å². The summed E-state index contributed by atoms with van der Waals surface area (Å²) in [5.41, 5.74) is 0.247. The summed E-state index contributed by atoms with van der Waals surface area (Å²) in [4.78, 5) is 35.9. The van der Waals surface area contributed by atoms with E-state index in [2.05, 4.69) is 10.6 Å². The van der Waals surface area contributed by atoms with Gasteiger partial charge in [0.1, 0.15) is 0 Å². The minimum absolute atomic E-state index is 0.197. The maximum absolute atomic E-state index is 12.4. The van der Waals surface area contributed by atoms with Crippen molar-refractivity contribution in [3.63, 3.8) is 0 Å². The van der Waals surface area contributed by atoms with Crippen LogP contribution in [0.5, 0.6) is 0 Å². The van der Waals surface area contributed by atoms with E-state index < -0.39 is 23.2 Å². The van der Waals surface area contributed by atoms with E-state index >= 15 is 0 Å². The molecule has 0 radical (unpaired) electrons. The molecular formula is C19H23ClN2O4. The molecule has 1 aromatic carbocycles. The zero-order valence-electron chi connectivity index (χ0n) is 14.8. The van der Waals surface area contributed by atoms with Crippen LogP contribution in [0.3, 0.4) is 0 Å². The summed E-state index contributed by atoms with van der Waals surface area (Å²) in [6.07, 6.45) is 4.22. The Bertz CT molecular complexity index is 756. The fraction of sp³-hybridized carbons (Fsp3) is 0.526. The number of carbonyl (C=O) groups is 3. The van der Waals surface area contributed by atoms with Crippen molar-refractivity contribution in [1.29, 1.82) is 0 Å². The molecule has 2 fully saturated rings. The van der Waals surface area contributed by atoms with Crippen LogP contribution in [-0.2, 0) is 9.59 Å². The third-order valence-electron chi connectivity index (χ3n) is 5.55. The SMILES string of the molecule is CC1(C)C(C(=O)O)C1C(=O)Nc1ccc(C(=O)NC2CCCC2)c(Cl)c1. The van der Waals surface area contributed by atoms with Gasteiger partial charge in [-0.3, -0.25) is 14.4 Å². The van der Waals surface area contributed by atoms with Gasteiger partial charge in [-0.05, 0) is 36.5 Å². The zero-order chi connectivity index (χ0) is 19.1. The van der Waals surface area contributed by atoms with Gasteiger partial charge in [0.15, 0.2) is 0 Å². The molecular weight excluding hydrogens is 356 g/mol. The van der Waals surface area contributed by atoms with Gasteiger partial charge in [0, 0.05) is 11.7 Å². The van der Waals surface area contributed by atoms with Gasteiger partial charge in [-0.1, -0.05) is 38.3 Å². The third kappa shape index (κ3) is 3.56. The Kier molecular flexibility index (Phi) is 4.97. The lowest BCUT2D eigenvalue weighted by Crippen LogP contribution is -2.32. The Balaban J connectivity index is 1.65. The molecule has 3 rings (SSSR count). The second-order valence-electron chi connectivity index (χ2n) is 7.75. The van der Waals surface area contributed by atoms with Crippen LogP contribution in [0.15, 0.2) is 18.2 Å². The smallest absolute Gasteiger partial charge is 0.307 e. The number of aliphatic carboxylic acids is 1. The van der Waals surface area contributed by atoms with Crippen LogP contribution in [0.1, 0.15) is 49.9 Å². The summed E-state index contributed by atoms with van der Waals surface area (Å²) in [6.45, 7) is 3.53. The van der Waals surface area contributed by atoms with E-state index in [4.69, 9.17) is 11.6 Å². The van der Waals surface area contributed by atoms with Crippen LogP contribution in [0.4, 0.5) is 5.69 Å².